The molecule has 2 N–H and O–H groups in total. The van der Waals surface area contributed by atoms with Crippen LogP contribution in [0.1, 0.15) is 5.56 Å². The van der Waals surface area contributed by atoms with E-state index in [-0.39, 0.29) is 16.9 Å². The summed E-state index contributed by atoms with van der Waals surface area (Å²) < 4.78 is 55.9. The molecule has 0 spiro atoms. The molecule has 3 aromatic rings. The van der Waals surface area contributed by atoms with Crippen LogP contribution < -0.4 is 10.0 Å². The first-order valence-corrected chi connectivity index (χ1v) is 9.76. The van der Waals surface area contributed by atoms with Gasteiger partial charge in [0.2, 0.25) is 0 Å². The summed E-state index contributed by atoms with van der Waals surface area (Å²) in [7, 11) is -2.68. The molecule has 28 heavy (non-hydrogen) atoms. The highest BCUT2D eigenvalue weighted by atomic mass is 35.5. The number of hydrogen-bond acceptors (Lipinski definition) is 5. The third-order valence-electron chi connectivity index (χ3n) is 3.99. The SMILES string of the molecule is CNc1ncc(S(=O)(=O)Nc2cc(F)c(CC#N)cc2F)c2ccc(Cl)cc12. The van der Waals surface area contributed by atoms with E-state index in [2.05, 4.69) is 10.3 Å². The summed E-state index contributed by atoms with van der Waals surface area (Å²) in [5.41, 5.74) is -0.734. The maximum atomic E-state index is 14.2. The van der Waals surface area contributed by atoms with Gasteiger partial charge in [-0.25, -0.2) is 22.2 Å². The van der Waals surface area contributed by atoms with Crippen molar-refractivity contribution in [3.63, 3.8) is 0 Å². The summed E-state index contributed by atoms with van der Waals surface area (Å²) in [5, 5.41) is 12.6. The fraction of sp³-hybridized carbons (Fsp3) is 0.111. The number of rotatable bonds is 5. The number of halogens is 3. The highest BCUT2D eigenvalue weighted by molar-refractivity contribution is 7.93. The average molecular weight is 423 g/mol. The van der Waals surface area contributed by atoms with E-state index in [0.29, 0.717) is 27.7 Å². The van der Waals surface area contributed by atoms with Gasteiger partial charge in [-0.05, 0) is 18.2 Å². The molecule has 0 bridgehead atoms. The monoisotopic (exact) mass is 422 g/mol. The van der Waals surface area contributed by atoms with E-state index in [9.17, 15) is 17.2 Å². The average Bonchev–Trinajstić information content (AvgIpc) is 2.64. The van der Waals surface area contributed by atoms with Crippen molar-refractivity contribution in [1.29, 1.82) is 5.26 Å². The van der Waals surface area contributed by atoms with Gasteiger partial charge in [0, 0.05) is 34.5 Å². The summed E-state index contributed by atoms with van der Waals surface area (Å²) in [5.74, 6) is -1.47. The molecule has 1 aromatic heterocycles. The van der Waals surface area contributed by atoms with Crippen LogP contribution in [0, 0.1) is 23.0 Å². The second kappa shape index (κ2) is 7.58. The lowest BCUT2D eigenvalue weighted by Crippen LogP contribution is -2.15. The minimum absolute atomic E-state index is 0.164. The van der Waals surface area contributed by atoms with E-state index < -0.39 is 27.3 Å². The molecule has 0 aliphatic rings. The zero-order valence-electron chi connectivity index (χ0n) is 14.4. The Balaban J connectivity index is 2.10. The zero-order chi connectivity index (χ0) is 20.5. The lowest BCUT2D eigenvalue weighted by molar-refractivity contribution is 0.589. The van der Waals surface area contributed by atoms with Gasteiger partial charge in [-0.2, -0.15) is 5.26 Å². The van der Waals surface area contributed by atoms with Gasteiger partial charge in [0.25, 0.3) is 10.0 Å². The topological polar surface area (TPSA) is 94.9 Å². The largest absolute Gasteiger partial charge is 0.373 e. The first-order valence-electron chi connectivity index (χ1n) is 7.90. The smallest absolute Gasteiger partial charge is 0.264 e. The van der Waals surface area contributed by atoms with Gasteiger partial charge in [-0.15, -0.1) is 0 Å². The fourth-order valence-corrected chi connectivity index (χ4v) is 4.08. The number of sulfonamides is 1. The molecule has 0 unspecified atom stereocenters. The molecule has 1 heterocycles. The molecule has 3 rings (SSSR count). The van der Waals surface area contributed by atoms with Crippen LogP contribution in [0.2, 0.25) is 5.02 Å². The second-order valence-electron chi connectivity index (χ2n) is 5.77. The Hall–Kier alpha value is -2.96. The van der Waals surface area contributed by atoms with Crippen molar-refractivity contribution in [3.05, 3.63) is 58.7 Å². The van der Waals surface area contributed by atoms with Crippen molar-refractivity contribution < 1.29 is 17.2 Å². The molecular weight excluding hydrogens is 410 g/mol. The number of pyridine rings is 1. The van der Waals surface area contributed by atoms with Crippen molar-refractivity contribution in [2.45, 2.75) is 11.3 Å². The molecule has 0 amide bonds. The second-order valence-corrected chi connectivity index (χ2v) is 7.86. The molecule has 0 saturated heterocycles. The first-order chi connectivity index (χ1) is 13.3. The summed E-state index contributed by atoms with van der Waals surface area (Å²) >= 11 is 5.99. The van der Waals surface area contributed by atoms with E-state index in [4.69, 9.17) is 16.9 Å². The van der Waals surface area contributed by atoms with Gasteiger partial charge in [0.05, 0.1) is 24.4 Å². The third-order valence-corrected chi connectivity index (χ3v) is 5.62. The molecule has 0 radical (unpaired) electrons. The number of hydrogen-bond donors (Lipinski definition) is 2. The number of nitriles is 1. The maximum absolute atomic E-state index is 14.2. The maximum Gasteiger partial charge on any atom is 0.264 e. The summed E-state index contributed by atoms with van der Waals surface area (Å²) in [6.07, 6.45) is 0.777. The number of benzene rings is 2. The Bertz CT molecular complexity index is 1230. The Morgan fingerprint density at radius 1 is 1.18 bits per heavy atom. The zero-order valence-corrected chi connectivity index (χ0v) is 16.0. The fourth-order valence-electron chi connectivity index (χ4n) is 2.69. The van der Waals surface area contributed by atoms with Crippen LogP contribution >= 0.6 is 11.6 Å². The standard InChI is InChI=1S/C18H13ClF2N4O2S/c1-23-18-13-7-11(19)2-3-12(13)17(9-24-18)28(26,27)25-16-8-14(20)10(4-5-22)6-15(16)21/h2-3,6-9,25H,4H2,1H3,(H,23,24). The van der Waals surface area contributed by atoms with E-state index in [0.717, 1.165) is 12.3 Å². The van der Waals surface area contributed by atoms with Crippen LogP contribution in [0.3, 0.4) is 0 Å². The van der Waals surface area contributed by atoms with Crippen LogP contribution in [0.15, 0.2) is 41.4 Å². The number of nitrogens with zero attached hydrogens (tertiary/aromatic N) is 2. The minimum Gasteiger partial charge on any atom is -0.373 e. The van der Waals surface area contributed by atoms with Crippen LogP contribution in [-0.4, -0.2) is 20.4 Å². The van der Waals surface area contributed by atoms with Gasteiger partial charge in [0.1, 0.15) is 22.3 Å². The van der Waals surface area contributed by atoms with Crippen LogP contribution in [0.4, 0.5) is 20.3 Å². The molecule has 0 atom stereocenters. The van der Waals surface area contributed by atoms with Crippen molar-refractivity contribution in [2.75, 3.05) is 17.1 Å². The lowest BCUT2D eigenvalue weighted by Gasteiger charge is -2.13. The summed E-state index contributed by atoms with van der Waals surface area (Å²) in [6.45, 7) is 0. The molecular formula is C18H13ClF2N4O2S. The highest BCUT2D eigenvalue weighted by Crippen LogP contribution is 2.31. The van der Waals surface area contributed by atoms with Gasteiger partial charge in [-0.3, -0.25) is 4.72 Å². The van der Waals surface area contributed by atoms with Crippen molar-refractivity contribution in [1.82, 2.24) is 4.98 Å². The highest BCUT2D eigenvalue weighted by Gasteiger charge is 2.22. The van der Waals surface area contributed by atoms with Gasteiger partial charge < -0.3 is 5.32 Å². The van der Waals surface area contributed by atoms with Crippen LogP contribution in [-0.2, 0) is 16.4 Å². The van der Waals surface area contributed by atoms with E-state index >= 15 is 0 Å². The van der Waals surface area contributed by atoms with Crippen LogP contribution in [0.5, 0.6) is 0 Å². The molecule has 0 aliphatic heterocycles. The molecule has 0 saturated carbocycles. The summed E-state index contributed by atoms with van der Waals surface area (Å²) in [6, 6.07) is 7.76. The molecule has 2 aromatic carbocycles. The first kappa shape index (κ1) is 19.8. The number of fused-ring (bicyclic) bond motifs is 1. The Kier molecular flexibility index (Phi) is 5.36. The number of nitrogens with one attached hydrogen (secondary N) is 2. The normalized spacial score (nSPS) is 11.2. The quantitative estimate of drug-likeness (QED) is 0.646. The predicted molar refractivity (Wildman–Crippen MR) is 103 cm³/mol. The van der Waals surface area contributed by atoms with Gasteiger partial charge in [-0.1, -0.05) is 17.7 Å². The number of aromatic nitrogens is 1. The van der Waals surface area contributed by atoms with E-state index in [1.54, 1.807) is 19.2 Å². The molecule has 0 fully saturated rings. The molecule has 6 nitrogen and oxygen atoms in total. The Labute approximate surface area is 164 Å². The predicted octanol–water partition coefficient (Wildman–Crippen LogP) is 4.07. The molecule has 0 aliphatic carbocycles. The van der Waals surface area contributed by atoms with E-state index in [1.165, 1.54) is 12.1 Å². The van der Waals surface area contributed by atoms with Crippen molar-refractivity contribution >= 4 is 43.9 Å². The molecule has 10 heteroatoms. The van der Waals surface area contributed by atoms with E-state index in [1.807, 2.05) is 4.72 Å². The lowest BCUT2D eigenvalue weighted by atomic mass is 10.1. The Morgan fingerprint density at radius 3 is 2.61 bits per heavy atom. The van der Waals surface area contributed by atoms with Crippen molar-refractivity contribution in [3.8, 4) is 6.07 Å². The third kappa shape index (κ3) is 3.69. The molecule has 144 valence electrons. The number of anilines is 2. The van der Waals surface area contributed by atoms with Gasteiger partial charge in [0.15, 0.2) is 0 Å². The Morgan fingerprint density at radius 2 is 1.93 bits per heavy atom. The minimum atomic E-state index is -4.30. The van der Waals surface area contributed by atoms with Crippen molar-refractivity contribution in [2.24, 2.45) is 0 Å². The van der Waals surface area contributed by atoms with Crippen LogP contribution in [0.25, 0.3) is 10.8 Å². The summed E-state index contributed by atoms with van der Waals surface area (Å²) in [4.78, 5) is 3.84. The van der Waals surface area contributed by atoms with Gasteiger partial charge >= 0.3 is 0 Å².